The van der Waals surface area contributed by atoms with E-state index in [9.17, 15) is 0 Å². The molecule has 0 bridgehead atoms. The average molecular weight is 257 g/mol. The van der Waals surface area contributed by atoms with Crippen LogP contribution in [0.25, 0.3) is 10.6 Å². The van der Waals surface area contributed by atoms with Crippen molar-refractivity contribution in [1.82, 2.24) is 5.16 Å². The van der Waals surface area contributed by atoms with Gasteiger partial charge in [-0.05, 0) is 23.8 Å². The van der Waals surface area contributed by atoms with E-state index in [0.29, 0.717) is 22.5 Å². The number of aromatic nitrogens is 1. The summed E-state index contributed by atoms with van der Waals surface area (Å²) < 4.78 is 5.27. The van der Waals surface area contributed by atoms with Gasteiger partial charge in [0, 0.05) is 5.56 Å². The lowest BCUT2D eigenvalue weighted by molar-refractivity contribution is 0.435. The zero-order valence-electron chi connectivity index (χ0n) is 9.16. The Bertz CT molecular complexity index is 490. The van der Waals surface area contributed by atoms with Gasteiger partial charge in [-0.1, -0.05) is 30.6 Å². The summed E-state index contributed by atoms with van der Waals surface area (Å²) in [6.07, 6.45) is 0.846. The summed E-state index contributed by atoms with van der Waals surface area (Å²) in [4.78, 5) is 0.904. The summed E-state index contributed by atoms with van der Waals surface area (Å²) in [5, 5.41) is 6.43. The van der Waals surface area contributed by atoms with Crippen molar-refractivity contribution in [1.29, 1.82) is 0 Å². The highest BCUT2D eigenvalue weighted by Gasteiger charge is 2.19. The molecule has 0 aliphatic rings. The van der Waals surface area contributed by atoms with Crippen LogP contribution in [0.5, 0.6) is 0 Å². The van der Waals surface area contributed by atoms with Crippen LogP contribution in [0.1, 0.15) is 19.4 Å². The van der Waals surface area contributed by atoms with E-state index in [-0.39, 0.29) is 0 Å². The molecule has 0 atom stereocenters. The van der Waals surface area contributed by atoms with Gasteiger partial charge in [0.2, 0.25) is 0 Å². The number of rotatable bonds is 3. The van der Waals surface area contributed by atoms with E-state index in [0.717, 1.165) is 16.9 Å². The summed E-state index contributed by atoms with van der Waals surface area (Å²) in [7, 11) is 0. The summed E-state index contributed by atoms with van der Waals surface area (Å²) in [5.74, 6) is 1.68. The predicted octanol–water partition coefficient (Wildman–Crippen LogP) is 3.84. The smallest absolute Gasteiger partial charge is 0.183 e. The maximum absolute atomic E-state index is 6.07. The van der Waals surface area contributed by atoms with Crippen LogP contribution < -0.4 is 5.73 Å². The lowest BCUT2D eigenvalue weighted by atomic mass is 10.0. The van der Waals surface area contributed by atoms with Gasteiger partial charge in [0.15, 0.2) is 11.6 Å². The Morgan fingerprint density at radius 2 is 2.31 bits per heavy atom. The van der Waals surface area contributed by atoms with Crippen LogP contribution in [0, 0.1) is 5.92 Å². The second-order valence-electron chi connectivity index (χ2n) is 4.07. The van der Waals surface area contributed by atoms with Gasteiger partial charge in [-0.15, -0.1) is 11.3 Å². The molecule has 2 rings (SSSR count). The maximum atomic E-state index is 6.07. The van der Waals surface area contributed by atoms with Crippen LogP contribution in [0.2, 0.25) is 5.02 Å². The molecule has 0 aliphatic carbocycles. The third-order valence-electron chi connectivity index (χ3n) is 2.25. The second-order valence-corrected chi connectivity index (χ2v) is 5.39. The standard InChI is InChI=1S/C11H13ClN2OS/c1-6(2)5-7-9(15-14-11(7)13)10-8(12)3-4-16-10/h3-4,6H,5H2,1-2H3,(H2,13,14). The molecule has 2 aromatic rings. The summed E-state index contributed by atoms with van der Waals surface area (Å²) >= 11 is 7.61. The summed E-state index contributed by atoms with van der Waals surface area (Å²) in [6.45, 7) is 4.26. The number of hydrogen-bond acceptors (Lipinski definition) is 4. The highest BCUT2D eigenvalue weighted by molar-refractivity contribution is 7.14. The minimum Gasteiger partial charge on any atom is -0.381 e. The maximum Gasteiger partial charge on any atom is 0.183 e. The van der Waals surface area contributed by atoms with Crippen LogP contribution >= 0.6 is 22.9 Å². The van der Waals surface area contributed by atoms with Crippen LogP contribution in [0.3, 0.4) is 0 Å². The molecule has 0 fully saturated rings. The van der Waals surface area contributed by atoms with E-state index in [1.807, 2.05) is 11.4 Å². The highest BCUT2D eigenvalue weighted by atomic mass is 35.5. The molecule has 2 heterocycles. The first kappa shape index (κ1) is 11.5. The van der Waals surface area contributed by atoms with Crippen molar-refractivity contribution >= 4 is 28.8 Å². The SMILES string of the molecule is CC(C)Cc1c(N)noc1-c1sccc1Cl. The molecule has 2 aromatic heterocycles. The van der Waals surface area contributed by atoms with Crippen molar-refractivity contribution in [3.8, 4) is 10.6 Å². The van der Waals surface area contributed by atoms with Crippen molar-refractivity contribution in [3.05, 3.63) is 22.0 Å². The number of nitrogen functional groups attached to an aromatic ring is 1. The normalized spacial score (nSPS) is 11.2. The first-order valence-corrected chi connectivity index (χ1v) is 6.32. The molecule has 0 saturated heterocycles. The number of nitrogens with two attached hydrogens (primary N) is 1. The third-order valence-corrected chi connectivity index (χ3v) is 3.59. The molecular weight excluding hydrogens is 244 g/mol. The number of thiophene rings is 1. The Balaban J connectivity index is 2.46. The third kappa shape index (κ3) is 2.08. The Hall–Kier alpha value is -1.00. The number of halogens is 1. The van der Waals surface area contributed by atoms with Crippen molar-refractivity contribution in [2.45, 2.75) is 20.3 Å². The Morgan fingerprint density at radius 3 is 2.88 bits per heavy atom. The van der Waals surface area contributed by atoms with Crippen molar-refractivity contribution < 1.29 is 4.52 Å². The van der Waals surface area contributed by atoms with Gasteiger partial charge in [-0.3, -0.25) is 0 Å². The summed E-state index contributed by atoms with van der Waals surface area (Å²) in [5.41, 5.74) is 6.76. The fourth-order valence-electron chi connectivity index (χ4n) is 1.56. The van der Waals surface area contributed by atoms with E-state index >= 15 is 0 Å². The zero-order chi connectivity index (χ0) is 11.7. The predicted molar refractivity (Wildman–Crippen MR) is 67.8 cm³/mol. The van der Waals surface area contributed by atoms with Gasteiger partial charge < -0.3 is 10.3 Å². The zero-order valence-corrected chi connectivity index (χ0v) is 10.7. The fraction of sp³-hybridized carbons (Fsp3) is 0.364. The molecule has 0 saturated carbocycles. The van der Waals surface area contributed by atoms with E-state index < -0.39 is 0 Å². The molecule has 5 heteroatoms. The largest absolute Gasteiger partial charge is 0.381 e. The van der Waals surface area contributed by atoms with E-state index in [2.05, 4.69) is 19.0 Å². The Morgan fingerprint density at radius 1 is 1.56 bits per heavy atom. The first-order chi connectivity index (χ1) is 7.59. The Kier molecular flexibility index (Phi) is 3.21. The molecule has 0 unspecified atom stereocenters. The molecular formula is C11H13ClN2OS. The van der Waals surface area contributed by atoms with Crippen LogP contribution in [-0.4, -0.2) is 5.16 Å². The lowest BCUT2D eigenvalue weighted by Crippen LogP contribution is -1.98. The highest BCUT2D eigenvalue weighted by Crippen LogP contribution is 2.37. The number of hydrogen-bond donors (Lipinski definition) is 1. The molecule has 3 nitrogen and oxygen atoms in total. The van der Waals surface area contributed by atoms with Crippen LogP contribution in [-0.2, 0) is 6.42 Å². The van der Waals surface area contributed by atoms with Gasteiger partial charge in [0.25, 0.3) is 0 Å². The van der Waals surface area contributed by atoms with Crippen molar-refractivity contribution in [2.24, 2.45) is 5.92 Å². The second kappa shape index (κ2) is 4.47. The molecule has 0 aromatic carbocycles. The number of anilines is 1. The molecule has 16 heavy (non-hydrogen) atoms. The fourth-order valence-corrected chi connectivity index (χ4v) is 2.71. The molecule has 86 valence electrons. The van der Waals surface area contributed by atoms with Crippen molar-refractivity contribution in [2.75, 3.05) is 5.73 Å². The quantitative estimate of drug-likeness (QED) is 0.908. The van der Waals surface area contributed by atoms with Gasteiger partial charge >= 0.3 is 0 Å². The van der Waals surface area contributed by atoms with Gasteiger partial charge in [0.1, 0.15) is 0 Å². The van der Waals surface area contributed by atoms with E-state index in [1.54, 1.807) is 0 Å². The van der Waals surface area contributed by atoms with Gasteiger partial charge in [-0.2, -0.15) is 0 Å². The van der Waals surface area contributed by atoms with Gasteiger partial charge in [0.05, 0.1) is 9.90 Å². The minimum absolute atomic E-state index is 0.466. The topological polar surface area (TPSA) is 52.0 Å². The van der Waals surface area contributed by atoms with Crippen molar-refractivity contribution in [3.63, 3.8) is 0 Å². The molecule has 0 aliphatic heterocycles. The minimum atomic E-state index is 0.466. The monoisotopic (exact) mass is 256 g/mol. The average Bonchev–Trinajstić information content (AvgIpc) is 2.75. The molecule has 0 spiro atoms. The van der Waals surface area contributed by atoms with Gasteiger partial charge in [-0.25, -0.2) is 0 Å². The molecule has 0 amide bonds. The van der Waals surface area contributed by atoms with E-state index in [1.165, 1.54) is 11.3 Å². The summed E-state index contributed by atoms with van der Waals surface area (Å²) in [6, 6.07) is 1.85. The van der Waals surface area contributed by atoms with E-state index in [4.69, 9.17) is 21.9 Å². The van der Waals surface area contributed by atoms with Crippen LogP contribution in [0.15, 0.2) is 16.0 Å². The lowest BCUT2D eigenvalue weighted by Gasteiger charge is -2.04. The van der Waals surface area contributed by atoms with Crippen LogP contribution in [0.4, 0.5) is 5.82 Å². The molecule has 2 N–H and O–H groups in total. The Labute approximate surface area is 103 Å². The first-order valence-electron chi connectivity index (χ1n) is 5.07. The number of nitrogens with zero attached hydrogens (tertiary/aromatic N) is 1. The molecule has 0 radical (unpaired) electrons.